The van der Waals surface area contributed by atoms with E-state index in [9.17, 15) is 9.59 Å². The second kappa shape index (κ2) is 14.1. The number of nitrogens with one attached hydrogen (secondary N) is 3. The van der Waals surface area contributed by atoms with E-state index in [1.165, 1.54) is 0 Å². The van der Waals surface area contributed by atoms with Gasteiger partial charge in [0.15, 0.2) is 5.82 Å². The molecule has 0 bridgehead atoms. The lowest BCUT2D eigenvalue weighted by Crippen LogP contribution is -2.48. The van der Waals surface area contributed by atoms with Gasteiger partial charge < -0.3 is 22.1 Å². The highest BCUT2D eigenvalue weighted by Crippen LogP contribution is 2.29. The summed E-state index contributed by atoms with van der Waals surface area (Å²) in [5.41, 5.74) is 18.0. The van der Waals surface area contributed by atoms with Gasteiger partial charge in [-0.05, 0) is 114 Å². The fourth-order valence-electron chi connectivity index (χ4n) is 5.49. The van der Waals surface area contributed by atoms with Gasteiger partial charge >= 0.3 is 0 Å². The van der Waals surface area contributed by atoms with Crippen LogP contribution in [0, 0.1) is 18.8 Å². The van der Waals surface area contributed by atoms with E-state index in [-0.39, 0.29) is 30.1 Å². The number of nitrogens with zero attached hydrogens (tertiary/aromatic N) is 3. The molecular weight excluding hydrogens is 552 g/mol. The first-order valence-electron chi connectivity index (χ1n) is 14.0. The fourth-order valence-corrected chi connectivity index (χ4v) is 5.49. The number of rotatable bonds is 9. The fraction of sp³-hybridized carbons (Fsp3) is 0.323. The van der Waals surface area contributed by atoms with E-state index < -0.39 is 6.04 Å². The predicted molar refractivity (Wildman–Crippen MR) is 167 cm³/mol. The van der Waals surface area contributed by atoms with E-state index >= 15 is 0 Å². The van der Waals surface area contributed by atoms with Crippen LogP contribution in [0.1, 0.15) is 36.8 Å². The van der Waals surface area contributed by atoms with Gasteiger partial charge in [-0.15, -0.1) is 17.5 Å². The minimum atomic E-state index is -0.754. The number of carbonyl (C=O) groups excluding carboxylic acids is 2. The summed E-state index contributed by atoms with van der Waals surface area (Å²) in [6.45, 7) is 2.67. The first-order chi connectivity index (χ1) is 19.9. The lowest BCUT2D eigenvalue weighted by Gasteiger charge is -2.28. The summed E-state index contributed by atoms with van der Waals surface area (Å²) in [5.74, 6) is 0.519. The van der Waals surface area contributed by atoms with Gasteiger partial charge in [-0.2, -0.15) is 0 Å². The Morgan fingerprint density at radius 2 is 1.76 bits per heavy atom. The zero-order chi connectivity index (χ0) is 28.8. The van der Waals surface area contributed by atoms with Crippen LogP contribution in [0.3, 0.4) is 0 Å². The SMILES string of the molecule is Cc1cc(N)ccc1-c1cccc(C[C@H](NC(=O)C2CCC(CN)CC2)C(=O)Nc2ccc(-c3nnn[nH]3)cc2)c1.Cl. The number of anilines is 2. The van der Waals surface area contributed by atoms with Gasteiger partial charge in [-0.25, -0.2) is 5.10 Å². The number of halogens is 1. The van der Waals surface area contributed by atoms with Crippen molar-refractivity contribution in [2.75, 3.05) is 17.6 Å². The second-order valence-corrected chi connectivity index (χ2v) is 10.8. The summed E-state index contributed by atoms with van der Waals surface area (Å²) in [6, 6.07) is 20.4. The molecule has 42 heavy (non-hydrogen) atoms. The molecule has 7 N–H and O–H groups in total. The maximum absolute atomic E-state index is 13.6. The standard InChI is InChI=1S/C31H36N8O2.ClH/c1-19-15-25(33)11-14-27(19)24-4-2-3-21(16-24)17-28(35-30(40)23-7-5-20(18-32)6-8-23)31(41)34-26-12-9-22(10-13-26)29-36-38-39-37-29;/h2-4,9-16,20,23,28H,5-8,17-18,32-33H2,1H3,(H,34,41)(H,35,40)(H,36,37,38,39);1H/t20?,23?,28-;/m0./s1. The van der Waals surface area contributed by atoms with Crippen LogP contribution in [0.4, 0.5) is 11.4 Å². The Balaban J connectivity index is 0.00000405. The van der Waals surface area contributed by atoms with Crippen molar-refractivity contribution in [1.29, 1.82) is 0 Å². The number of amides is 2. The number of hydrogen-bond acceptors (Lipinski definition) is 7. The molecule has 1 heterocycles. The molecule has 1 fully saturated rings. The molecule has 4 aromatic rings. The van der Waals surface area contributed by atoms with Crippen molar-refractivity contribution >= 4 is 35.6 Å². The van der Waals surface area contributed by atoms with Crippen molar-refractivity contribution in [2.24, 2.45) is 17.6 Å². The van der Waals surface area contributed by atoms with Crippen molar-refractivity contribution in [3.05, 3.63) is 77.9 Å². The number of H-pyrrole nitrogens is 1. The third-order valence-corrected chi connectivity index (χ3v) is 7.88. The van der Waals surface area contributed by atoms with Crippen LogP contribution >= 0.6 is 12.4 Å². The van der Waals surface area contributed by atoms with E-state index in [1.54, 1.807) is 12.1 Å². The third-order valence-electron chi connectivity index (χ3n) is 7.88. The van der Waals surface area contributed by atoms with Gasteiger partial charge in [0.1, 0.15) is 6.04 Å². The smallest absolute Gasteiger partial charge is 0.247 e. The Kier molecular flexibility index (Phi) is 10.3. The zero-order valence-corrected chi connectivity index (χ0v) is 24.4. The molecule has 10 nitrogen and oxygen atoms in total. The van der Waals surface area contributed by atoms with Crippen molar-refractivity contribution in [3.63, 3.8) is 0 Å². The van der Waals surface area contributed by atoms with Gasteiger partial charge in [-0.3, -0.25) is 9.59 Å². The van der Waals surface area contributed by atoms with E-state index in [2.05, 4.69) is 37.3 Å². The number of benzene rings is 3. The van der Waals surface area contributed by atoms with Crippen LogP contribution < -0.4 is 22.1 Å². The average Bonchev–Trinajstić information content (AvgIpc) is 3.52. The number of hydrogen-bond donors (Lipinski definition) is 5. The molecule has 1 aliphatic rings. The second-order valence-electron chi connectivity index (χ2n) is 10.8. The topological polar surface area (TPSA) is 165 Å². The van der Waals surface area contributed by atoms with Gasteiger partial charge in [0.25, 0.3) is 0 Å². The van der Waals surface area contributed by atoms with Crippen LogP contribution in [0.15, 0.2) is 66.7 Å². The Bertz CT molecular complexity index is 1490. The molecule has 3 aromatic carbocycles. The van der Waals surface area contributed by atoms with Crippen LogP contribution in [0.25, 0.3) is 22.5 Å². The summed E-state index contributed by atoms with van der Waals surface area (Å²) >= 11 is 0. The van der Waals surface area contributed by atoms with E-state index in [1.807, 2.05) is 55.5 Å². The molecule has 0 unspecified atom stereocenters. The van der Waals surface area contributed by atoms with Gasteiger partial charge in [0.2, 0.25) is 11.8 Å². The lowest BCUT2D eigenvalue weighted by molar-refractivity contribution is -0.130. The summed E-state index contributed by atoms with van der Waals surface area (Å²) < 4.78 is 0. The Morgan fingerprint density at radius 1 is 1.00 bits per heavy atom. The Hall–Kier alpha value is -4.28. The molecule has 1 aromatic heterocycles. The predicted octanol–water partition coefficient (Wildman–Crippen LogP) is 4.28. The molecule has 0 spiro atoms. The Labute approximate surface area is 251 Å². The number of aromatic amines is 1. The monoisotopic (exact) mass is 588 g/mol. The zero-order valence-electron chi connectivity index (χ0n) is 23.5. The summed E-state index contributed by atoms with van der Waals surface area (Å²) in [5, 5.41) is 19.9. The van der Waals surface area contributed by atoms with Crippen LogP contribution in [-0.2, 0) is 16.0 Å². The average molecular weight is 589 g/mol. The number of carbonyl (C=O) groups is 2. The molecule has 1 saturated carbocycles. The number of aryl methyl sites for hydroxylation is 1. The van der Waals surface area contributed by atoms with E-state index in [0.717, 1.165) is 53.5 Å². The van der Waals surface area contributed by atoms with Crippen molar-refractivity contribution < 1.29 is 9.59 Å². The molecule has 5 rings (SSSR count). The highest BCUT2D eigenvalue weighted by molar-refractivity contribution is 5.97. The summed E-state index contributed by atoms with van der Waals surface area (Å²) in [6.07, 6.45) is 3.78. The first kappa shape index (κ1) is 30.7. The van der Waals surface area contributed by atoms with Crippen molar-refractivity contribution in [1.82, 2.24) is 25.9 Å². The third kappa shape index (κ3) is 7.51. The highest BCUT2D eigenvalue weighted by atomic mass is 35.5. The largest absolute Gasteiger partial charge is 0.399 e. The normalized spacial score (nSPS) is 17.1. The molecule has 0 radical (unpaired) electrons. The summed E-state index contributed by atoms with van der Waals surface area (Å²) in [4.78, 5) is 26.9. The van der Waals surface area contributed by atoms with Crippen molar-refractivity contribution in [3.8, 4) is 22.5 Å². The van der Waals surface area contributed by atoms with Crippen molar-refractivity contribution in [2.45, 2.75) is 45.1 Å². The summed E-state index contributed by atoms with van der Waals surface area (Å²) in [7, 11) is 0. The number of aromatic nitrogens is 4. The number of nitrogens with two attached hydrogens (primary N) is 2. The molecule has 220 valence electrons. The quantitative estimate of drug-likeness (QED) is 0.182. The molecular formula is C31H37ClN8O2. The molecule has 1 atom stereocenters. The minimum Gasteiger partial charge on any atom is -0.399 e. The van der Waals surface area contributed by atoms with Gasteiger partial charge in [-0.1, -0.05) is 30.3 Å². The number of tetrazole rings is 1. The van der Waals surface area contributed by atoms with Crippen LogP contribution in [0.2, 0.25) is 0 Å². The Morgan fingerprint density at radius 3 is 2.43 bits per heavy atom. The van der Waals surface area contributed by atoms with Crippen LogP contribution in [-0.4, -0.2) is 45.0 Å². The first-order valence-corrected chi connectivity index (χ1v) is 14.0. The lowest BCUT2D eigenvalue weighted by atomic mass is 9.81. The molecule has 2 amide bonds. The maximum atomic E-state index is 13.6. The van der Waals surface area contributed by atoms with E-state index in [0.29, 0.717) is 36.1 Å². The molecule has 0 aliphatic heterocycles. The van der Waals surface area contributed by atoms with Gasteiger partial charge in [0, 0.05) is 29.3 Å². The maximum Gasteiger partial charge on any atom is 0.247 e. The van der Waals surface area contributed by atoms with E-state index in [4.69, 9.17) is 11.5 Å². The number of nitrogen functional groups attached to an aromatic ring is 1. The molecule has 0 saturated heterocycles. The van der Waals surface area contributed by atoms with Gasteiger partial charge in [0.05, 0.1) is 0 Å². The van der Waals surface area contributed by atoms with Crippen LogP contribution in [0.5, 0.6) is 0 Å². The highest BCUT2D eigenvalue weighted by Gasteiger charge is 2.29. The molecule has 1 aliphatic carbocycles. The molecule has 11 heteroatoms. The minimum absolute atomic E-state index is 0.